The third kappa shape index (κ3) is 4.33. The smallest absolute Gasteiger partial charge is 0.409 e. The second-order valence-electron chi connectivity index (χ2n) is 10.6. The number of rotatable bonds is 3. The van der Waals surface area contributed by atoms with Gasteiger partial charge in [0.1, 0.15) is 5.75 Å². The standard InChI is InChI=1S/C14H15BClNO2.C14H14BNO2.2CH4/c1-15(19)17-8-10(7-16)13-12(17)6-9-4-2-3-5-11(9)14(13)18;1-15(18)16-8-10-7-14(10)12(16)6-9-4-2-3-5-11(9)13(14)17;;/h2-6,10,18-19H,7-8H2,1H3;2-6,10,18H,7-8H2,1H3;2*1H4. The molecule has 7 rings (SSSR count). The zero-order chi connectivity index (χ0) is 26.1. The number of hydrogen-bond donors (Lipinski definition) is 3. The van der Waals surface area contributed by atoms with Crippen molar-refractivity contribution >= 4 is 54.0 Å². The number of phenolic OH excluding ortho intramolecular Hbond substituents is 1. The van der Waals surface area contributed by atoms with E-state index in [1.54, 1.807) is 13.6 Å². The van der Waals surface area contributed by atoms with Gasteiger partial charge in [-0.15, -0.1) is 11.6 Å². The van der Waals surface area contributed by atoms with Crippen LogP contribution in [0.3, 0.4) is 0 Å². The number of phenols is 1. The van der Waals surface area contributed by atoms with E-state index in [4.69, 9.17) is 11.6 Å². The fourth-order valence-electron chi connectivity index (χ4n) is 6.51. The Morgan fingerprint density at radius 2 is 1.67 bits per heavy atom. The fourth-order valence-corrected chi connectivity index (χ4v) is 6.76. The molecule has 204 valence electrons. The van der Waals surface area contributed by atoms with E-state index in [1.807, 2.05) is 64.2 Å². The van der Waals surface area contributed by atoms with Crippen molar-refractivity contribution in [2.75, 3.05) is 23.8 Å². The maximum absolute atomic E-state index is 12.7. The van der Waals surface area contributed by atoms with Gasteiger partial charge in [-0.1, -0.05) is 63.4 Å². The number of piperidine rings is 1. The summed E-state index contributed by atoms with van der Waals surface area (Å²) in [6, 6.07) is 17.5. The Hall–Kier alpha value is -2.93. The largest absolute Gasteiger partial charge is 0.507 e. The topological polar surface area (TPSA) is 84.2 Å². The number of hydrogen-bond acceptors (Lipinski definition) is 6. The Balaban J connectivity index is 0.000000172. The summed E-state index contributed by atoms with van der Waals surface area (Å²) in [6.45, 7) is 4.94. The monoisotopic (exact) mass is 546 g/mol. The molecule has 2 aliphatic heterocycles. The summed E-state index contributed by atoms with van der Waals surface area (Å²) in [5.74, 6) is 1.43. The highest BCUT2D eigenvalue weighted by Gasteiger charge is 2.69. The lowest BCUT2D eigenvalue weighted by atomic mass is 9.78. The van der Waals surface area contributed by atoms with Crippen LogP contribution < -0.4 is 4.81 Å². The average Bonchev–Trinajstić information content (AvgIpc) is 3.32. The second-order valence-corrected chi connectivity index (χ2v) is 10.9. The number of alkyl halides is 1. The minimum absolute atomic E-state index is 0. The molecule has 3 aromatic carbocycles. The van der Waals surface area contributed by atoms with E-state index in [9.17, 15) is 19.9 Å². The Kier molecular flexibility index (Phi) is 7.87. The lowest BCUT2D eigenvalue weighted by molar-refractivity contribution is 0.0915. The molecule has 3 N–H and O–H groups in total. The van der Waals surface area contributed by atoms with Crippen LogP contribution in [-0.2, 0) is 0 Å². The Labute approximate surface area is 237 Å². The first-order valence-electron chi connectivity index (χ1n) is 12.8. The molecule has 2 fully saturated rings. The van der Waals surface area contributed by atoms with E-state index in [2.05, 4.69) is 6.08 Å². The molecule has 0 radical (unpaired) electrons. The van der Waals surface area contributed by atoms with E-state index in [1.165, 1.54) is 0 Å². The lowest BCUT2D eigenvalue weighted by Gasteiger charge is -2.30. The minimum Gasteiger partial charge on any atom is -0.507 e. The van der Waals surface area contributed by atoms with Crippen molar-refractivity contribution in [1.29, 1.82) is 0 Å². The van der Waals surface area contributed by atoms with Gasteiger partial charge in [-0.2, -0.15) is 0 Å². The summed E-state index contributed by atoms with van der Waals surface area (Å²) in [6.07, 6.45) is 3.05. The van der Waals surface area contributed by atoms with Crippen LogP contribution in [0, 0.1) is 11.3 Å². The summed E-state index contributed by atoms with van der Waals surface area (Å²) < 4.78 is 0. The van der Waals surface area contributed by atoms with Gasteiger partial charge in [0.2, 0.25) is 0 Å². The van der Waals surface area contributed by atoms with Gasteiger partial charge in [0.25, 0.3) is 0 Å². The summed E-state index contributed by atoms with van der Waals surface area (Å²) in [7, 11) is -1.11. The number of carbonyl (C=O) groups excluding carboxylic acids is 1. The Morgan fingerprint density at radius 1 is 1.00 bits per heavy atom. The molecule has 0 aromatic heterocycles. The molecule has 3 aromatic rings. The fraction of sp³-hybridized carbons (Fsp3) is 0.367. The van der Waals surface area contributed by atoms with Gasteiger partial charge in [0, 0.05) is 52.8 Å². The molecule has 3 unspecified atom stereocenters. The van der Waals surface area contributed by atoms with Gasteiger partial charge in [-0.05, 0) is 49.1 Å². The number of carbonyl (C=O) groups is 1. The number of anilines is 1. The molecule has 0 bridgehead atoms. The number of aromatic hydroxyl groups is 1. The van der Waals surface area contributed by atoms with Crippen LogP contribution in [0.2, 0.25) is 13.6 Å². The lowest BCUT2D eigenvalue weighted by Crippen LogP contribution is -2.38. The quantitative estimate of drug-likeness (QED) is 0.288. The predicted molar refractivity (Wildman–Crippen MR) is 164 cm³/mol. The van der Waals surface area contributed by atoms with Crippen molar-refractivity contribution < 1.29 is 19.9 Å². The molecule has 1 spiro atoms. The van der Waals surface area contributed by atoms with Crippen molar-refractivity contribution in [1.82, 2.24) is 4.81 Å². The first kappa shape index (κ1) is 29.1. The maximum atomic E-state index is 12.7. The Bertz CT molecular complexity index is 1450. The summed E-state index contributed by atoms with van der Waals surface area (Å²) in [5.41, 5.74) is 4.31. The number of Topliss-reactive ketones (excluding diaryl/α,β-unsaturated/α-hetero) is 1. The number of nitrogens with zero attached hydrogens (tertiary/aromatic N) is 2. The van der Waals surface area contributed by atoms with E-state index >= 15 is 0 Å². The van der Waals surface area contributed by atoms with E-state index in [0.29, 0.717) is 24.1 Å². The second kappa shape index (κ2) is 10.6. The molecular weight excluding hydrogens is 509 g/mol. The normalized spacial score (nSPS) is 23.2. The number of fused-ring (bicyclic) bond motifs is 3. The highest BCUT2D eigenvalue weighted by Crippen LogP contribution is 2.67. The molecule has 39 heavy (non-hydrogen) atoms. The molecule has 3 atom stereocenters. The molecule has 1 saturated heterocycles. The SMILES string of the molecule is C.C.CB(O)N1CC(CCl)c2c1cc1ccccc1c2O.CB(O)N1CC2CC23C(=O)c2ccccc2C=C13. The molecule has 9 heteroatoms. The van der Waals surface area contributed by atoms with Crippen LogP contribution >= 0.6 is 11.6 Å². The van der Waals surface area contributed by atoms with Gasteiger partial charge in [-0.25, -0.2) is 0 Å². The van der Waals surface area contributed by atoms with Crippen LogP contribution in [0.15, 0.2) is 60.3 Å². The first-order valence-corrected chi connectivity index (χ1v) is 13.4. The van der Waals surface area contributed by atoms with Crippen LogP contribution in [0.5, 0.6) is 5.75 Å². The van der Waals surface area contributed by atoms with E-state index < -0.39 is 14.1 Å². The van der Waals surface area contributed by atoms with E-state index in [0.717, 1.165) is 51.8 Å². The highest BCUT2D eigenvalue weighted by atomic mass is 35.5. The van der Waals surface area contributed by atoms with Gasteiger partial charge < -0.3 is 24.8 Å². The number of ketones is 1. The van der Waals surface area contributed by atoms with Crippen molar-refractivity contribution in [2.24, 2.45) is 11.3 Å². The van der Waals surface area contributed by atoms with Crippen molar-refractivity contribution in [2.45, 2.75) is 40.8 Å². The molecule has 1 saturated carbocycles. The van der Waals surface area contributed by atoms with Crippen molar-refractivity contribution in [3.05, 3.63) is 77.0 Å². The molecule has 2 heterocycles. The van der Waals surface area contributed by atoms with Crippen molar-refractivity contribution in [3.8, 4) is 5.75 Å². The molecule has 0 amide bonds. The molecule has 6 nitrogen and oxygen atoms in total. The molecular formula is C30H37B2ClN2O4. The van der Waals surface area contributed by atoms with Gasteiger partial charge >= 0.3 is 14.1 Å². The van der Waals surface area contributed by atoms with Crippen LogP contribution in [-0.4, -0.2) is 58.8 Å². The van der Waals surface area contributed by atoms with Gasteiger partial charge in [-0.3, -0.25) is 4.79 Å². The molecule has 4 aliphatic rings. The minimum atomic E-state index is -0.590. The zero-order valence-corrected chi connectivity index (χ0v) is 21.7. The van der Waals surface area contributed by atoms with Crippen LogP contribution in [0.25, 0.3) is 16.8 Å². The number of allylic oxidation sites excluding steroid dienone is 1. The molecule has 2 aliphatic carbocycles. The predicted octanol–water partition coefficient (Wildman–Crippen LogP) is 5.73. The summed E-state index contributed by atoms with van der Waals surface area (Å²) in [4.78, 5) is 16.5. The van der Waals surface area contributed by atoms with Gasteiger partial charge in [0.05, 0.1) is 5.41 Å². The number of benzene rings is 3. The zero-order valence-electron chi connectivity index (χ0n) is 20.9. The summed E-state index contributed by atoms with van der Waals surface area (Å²) in [5, 5.41) is 32.0. The Morgan fingerprint density at radius 3 is 2.36 bits per heavy atom. The number of halogens is 1. The first-order chi connectivity index (χ1) is 17.8. The van der Waals surface area contributed by atoms with Crippen molar-refractivity contribution in [3.63, 3.8) is 0 Å². The third-order valence-corrected chi connectivity index (χ3v) is 8.83. The van der Waals surface area contributed by atoms with E-state index in [-0.39, 0.29) is 32.0 Å². The van der Waals surface area contributed by atoms with Crippen LogP contribution in [0.1, 0.15) is 48.7 Å². The third-order valence-electron chi connectivity index (χ3n) is 8.45. The maximum Gasteiger partial charge on any atom is 0.409 e. The summed E-state index contributed by atoms with van der Waals surface area (Å²) >= 11 is 6.01. The van der Waals surface area contributed by atoms with Crippen LogP contribution in [0.4, 0.5) is 5.69 Å². The highest BCUT2D eigenvalue weighted by molar-refractivity contribution is 6.54. The van der Waals surface area contributed by atoms with Gasteiger partial charge in [0.15, 0.2) is 5.78 Å². The average molecular weight is 547 g/mol.